The van der Waals surface area contributed by atoms with Gasteiger partial charge >= 0.3 is 0 Å². The van der Waals surface area contributed by atoms with Crippen molar-refractivity contribution in [3.63, 3.8) is 0 Å². The number of hydrogen-bond acceptors (Lipinski definition) is 3. The predicted molar refractivity (Wildman–Crippen MR) is 69.8 cm³/mol. The summed E-state index contributed by atoms with van der Waals surface area (Å²) >= 11 is 5.17. The van der Waals surface area contributed by atoms with Crippen LogP contribution in [-0.2, 0) is 9.59 Å². The number of hydrogen-bond donors (Lipinski definition) is 1. The molecule has 0 atom stereocenters. The summed E-state index contributed by atoms with van der Waals surface area (Å²) in [7, 11) is 0. The molecule has 1 rings (SSSR count). The predicted octanol–water partition coefficient (Wildman–Crippen LogP) is 2.04. The molecular formula is C13H16ClNO3. The van der Waals surface area contributed by atoms with E-state index in [1.54, 1.807) is 0 Å². The summed E-state index contributed by atoms with van der Waals surface area (Å²) in [5.74, 6) is 0.448. The van der Waals surface area contributed by atoms with Crippen LogP contribution in [0.15, 0.2) is 24.3 Å². The number of halogens is 1. The topological polar surface area (TPSA) is 55.4 Å². The van der Waals surface area contributed by atoms with Crippen LogP contribution < -0.4 is 10.1 Å². The highest BCUT2D eigenvalue weighted by molar-refractivity contribution is 6.63. The Labute approximate surface area is 111 Å². The van der Waals surface area contributed by atoms with Crippen LogP contribution in [0.2, 0.25) is 0 Å². The van der Waals surface area contributed by atoms with Gasteiger partial charge in [-0.05, 0) is 37.1 Å². The van der Waals surface area contributed by atoms with E-state index in [1.165, 1.54) is 0 Å². The lowest BCUT2D eigenvalue weighted by atomic mass is 10.2. The monoisotopic (exact) mass is 269 g/mol. The van der Waals surface area contributed by atoms with Gasteiger partial charge in [-0.3, -0.25) is 9.59 Å². The second-order valence-electron chi connectivity index (χ2n) is 3.91. The molecule has 0 fully saturated rings. The minimum absolute atomic E-state index is 0.0299. The van der Waals surface area contributed by atoms with Gasteiger partial charge in [0.2, 0.25) is 5.24 Å². The molecule has 0 aliphatic heterocycles. The SMILES string of the molecule is Cc1ccc(OCC(=O)NCCCC(=O)Cl)cc1. The average molecular weight is 270 g/mol. The van der Waals surface area contributed by atoms with Crippen molar-refractivity contribution in [2.75, 3.05) is 13.2 Å². The van der Waals surface area contributed by atoms with Gasteiger partial charge < -0.3 is 10.1 Å². The van der Waals surface area contributed by atoms with Crippen LogP contribution in [0, 0.1) is 6.92 Å². The molecule has 1 aromatic rings. The summed E-state index contributed by atoms with van der Waals surface area (Å²) in [4.78, 5) is 21.8. The Morgan fingerprint density at radius 1 is 1.28 bits per heavy atom. The van der Waals surface area contributed by atoms with Crippen molar-refractivity contribution < 1.29 is 14.3 Å². The van der Waals surface area contributed by atoms with Crippen molar-refractivity contribution in [2.24, 2.45) is 0 Å². The summed E-state index contributed by atoms with van der Waals surface area (Å²) in [5.41, 5.74) is 1.14. The maximum Gasteiger partial charge on any atom is 0.257 e. The van der Waals surface area contributed by atoms with Gasteiger partial charge in [-0.2, -0.15) is 0 Å². The second kappa shape index (κ2) is 7.71. The molecule has 0 unspecified atom stereocenters. The Bertz CT molecular complexity index is 403. The van der Waals surface area contributed by atoms with Crippen molar-refractivity contribution in [3.8, 4) is 5.75 Å². The van der Waals surface area contributed by atoms with Gasteiger partial charge in [0.25, 0.3) is 5.91 Å². The lowest BCUT2D eigenvalue weighted by Crippen LogP contribution is -2.29. The lowest BCUT2D eigenvalue weighted by molar-refractivity contribution is -0.123. The fraction of sp³-hybridized carbons (Fsp3) is 0.385. The summed E-state index contributed by atoms with van der Waals surface area (Å²) in [6, 6.07) is 7.46. The summed E-state index contributed by atoms with van der Waals surface area (Å²) < 4.78 is 5.30. The molecule has 0 aliphatic rings. The first kappa shape index (κ1) is 14.5. The van der Waals surface area contributed by atoms with Crippen LogP contribution in [0.5, 0.6) is 5.75 Å². The van der Waals surface area contributed by atoms with Crippen LogP contribution in [0.1, 0.15) is 18.4 Å². The second-order valence-corrected chi connectivity index (χ2v) is 4.33. The molecule has 0 spiro atoms. The molecule has 1 aromatic carbocycles. The highest BCUT2D eigenvalue weighted by atomic mass is 35.5. The van der Waals surface area contributed by atoms with Gasteiger partial charge in [0.05, 0.1) is 0 Å². The summed E-state index contributed by atoms with van der Waals surface area (Å²) in [6.45, 7) is 2.38. The summed E-state index contributed by atoms with van der Waals surface area (Å²) in [6.07, 6.45) is 0.805. The van der Waals surface area contributed by atoms with Gasteiger partial charge in [-0.25, -0.2) is 0 Å². The van der Waals surface area contributed by atoms with Crippen LogP contribution in [-0.4, -0.2) is 24.3 Å². The third kappa shape index (κ3) is 6.25. The molecule has 0 heterocycles. The van der Waals surface area contributed by atoms with E-state index in [0.717, 1.165) is 5.56 Å². The molecule has 0 saturated heterocycles. The smallest absolute Gasteiger partial charge is 0.257 e. The average Bonchev–Trinajstić information content (AvgIpc) is 2.34. The highest BCUT2D eigenvalue weighted by Crippen LogP contribution is 2.10. The molecule has 4 nitrogen and oxygen atoms in total. The van der Waals surface area contributed by atoms with Gasteiger partial charge in [-0.1, -0.05) is 17.7 Å². The normalized spacial score (nSPS) is 9.89. The number of benzene rings is 1. The first-order valence-corrected chi connectivity index (χ1v) is 6.10. The highest BCUT2D eigenvalue weighted by Gasteiger charge is 2.02. The molecule has 5 heteroatoms. The zero-order valence-electron chi connectivity index (χ0n) is 10.2. The largest absolute Gasteiger partial charge is 0.484 e. The van der Waals surface area contributed by atoms with Crippen molar-refractivity contribution in [1.82, 2.24) is 5.32 Å². The van der Waals surface area contributed by atoms with Gasteiger partial charge in [0.15, 0.2) is 6.61 Å². The maximum absolute atomic E-state index is 11.4. The number of nitrogens with one attached hydrogen (secondary N) is 1. The molecule has 98 valence electrons. The number of rotatable bonds is 7. The minimum atomic E-state index is -0.389. The first-order valence-electron chi connectivity index (χ1n) is 5.72. The Hall–Kier alpha value is -1.55. The van der Waals surface area contributed by atoms with Crippen LogP contribution in [0.3, 0.4) is 0 Å². The van der Waals surface area contributed by atoms with E-state index in [2.05, 4.69) is 5.32 Å². The van der Waals surface area contributed by atoms with Crippen LogP contribution >= 0.6 is 11.6 Å². The number of ether oxygens (including phenoxy) is 1. The van der Waals surface area contributed by atoms with Crippen molar-refractivity contribution >= 4 is 22.8 Å². The van der Waals surface area contributed by atoms with E-state index in [9.17, 15) is 9.59 Å². The van der Waals surface area contributed by atoms with E-state index in [-0.39, 0.29) is 24.2 Å². The quantitative estimate of drug-likeness (QED) is 0.609. The Morgan fingerprint density at radius 3 is 2.56 bits per heavy atom. The van der Waals surface area contributed by atoms with E-state index in [0.29, 0.717) is 18.7 Å². The molecule has 0 bridgehead atoms. The van der Waals surface area contributed by atoms with E-state index >= 15 is 0 Å². The van der Waals surface area contributed by atoms with Crippen molar-refractivity contribution in [1.29, 1.82) is 0 Å². The first-order chi connectivity index (χ1) is 8.58. The number of amides is 1. The van der Waals surface area contributed by atoms with Crippen LogP contribution in [0.25, 0.3) is 0 Å². The minimum Gasteiger partial charge on any atom is -0.484 e. The molecule has 0 aliphatic carbocycles. The van der Waals surface area contributed by atoms with E-state index < -0.39 is 0 Å². The van der Waals surface area contributed by atoms with Gasteiger partial charge in [-0.15, -0.1) is 0 Å². The number of carbonyl (C=O) groups excluding carboxylic acids is 2. The molecule has 1 N–H and O–H groups in total. The molecule has 0 saturated carbocycles. The van der Waals surface area contributed by atoms with Crippen molar-refractivity contribution in [2.45, 2.75) is 19.8 Å². The maximum atomic E-state index is 11.4. The van der Waals surface area contributed by atoms with E-state index in [1.807, 2.05) is 31.2 Å². The third-order valence-corrected chi connectivity index (χ3v) is 2.45. The molecular weight excluding hydrogens is 254 g/mol. The van der Waals surface area contributed by atoms with Crippen LogP contribution in [0.4, 0.5) is 0 Å². The van der Waals surface area contributed by atoms with Gasteiger partial charge in [0, 0.05) is 13.0 Å². The number of carbonyl (C=O) groups is 2. The van der Waals surface area contributed by atoms with E-state index in [4.69, 9.17) is 16.3 Å². The Balaban J connectivity index is 2.17. The van der Waals surface area contributed by atoms with Crippen molar-refractivity contribution in [3.05, 3.63) is 29.8 Å². The molecule has 1 amide bonds. The Morgan fingerprint density at radius 2 is 1.94 bits per heavy atom. The lowest BCUT2D eigenvalue weighted by Gasteiger charge is -2.07. The Kier molecular flexibility index (Phi) is 6.22. The standard InChI is InChI=1S/C13H16ClNO3/c1-10-4-6-11(7-5-10)18-9-13(17)15-8-2-3-12(14)16/h4-7H,2-3,8-9H2,1H3,(H,15,17). The van der Waals surface area contributed by atoms with Gasteiger partial charge in [0.1, 0.15) is 5.75 Å². The molecule has 18 heavy (non-hydrogen) atoms. The fourth-order valence-corrected chi connectivity index (χ4v) is 1.42. The molecule has 0 aromatic heterocycles. The number of aryl methyl sites for hydroxylation is 1. The zero-order chi connectivity index (χ0) is 13.4. The third-order valence-electron chi connectivity index (χ3n) is 2.26. The molecule has 0 radical (unpaired) electrons. The zero-order valence-corrected chi connectivity index (χ0v) is 11.0. The fourth-order valence-electron chi connectivity index (χ4n) is 1.29. The summed E-state index contributed by atoms with van der Waals surface area (Å²) in [5, 5.41) is 2.26.